The quantitative estimate of drug-likeness (QED) is 0.805. The van der Waals surface area contributed by atoms with E-state index in [0.717, 1.165) is 0 Å². The summed E-state index contributed by atoms with van der Waals surface area (Å²) in [5.41, 5.74) is 0.378. The fraction of sp³-hybridized carbons (Fsp3) is 0.176. The van der Waals surface area contributed by atoms with Crippen molar-refractivity contribution < 1.29 is 18.7 Å². The van der Waals surface area contributed by atoms with Crippen LogP contribution in [0.5, 0.6) is 5.75 Å². The molecule has 7 heteroatoms. The van der Waals surface area contributed by atoms with E-state index in [2.05, 4.69) is 10.6 Å². The molecule has 126 valence electrons. The first-order valence-corrected chi connectivity index (χ1v) is 7.57. The second-order valence-corrected chi connectivity index (χ2v) is 5.32. The molecule has 5 nitrogen and oxygen atoms in total. The van der Waals surface area contributed by atoms with E-state index in [1.54, 1.807) is 42.5 Å². The van der Waals surface area contributed by atoms with E-state index in [1.807, 2.05) is 0 Å². The SMILES string of the molecule is O=C(CNC(=O)COc1ccc(Cl)cc1)NCc1ccccc1F. The maximum atomic E-state index is 13.4. The van der Waals surface area contributed by atoms with Gasteiger partial charge in [0.25, 0.3) is 5.91 Å². The third-order valence-electron chi connectivity index (χ3n) is 3.06. The van der Waals surface area contributed by atoms with Crippen LogP contribution in [0.25, 0.3) is 0 Å². The highest BCUT2D eigenvalue weighted by Crippen LogP contribution is 2.15. The van der Waals surface area contributed by atoms with Gasteiger partial charge in [0.1, 0.15) is 11.6 Å². The number of nitrogens with one attached hydrogen (secondary N) is 2. The standard InChI is InChI=1S/C17H16ClFN2O3/c18-13-5-7-14(8-6-13)24-11-17(23)21-10-16(22)20-9-12-3-1-2-4-15(12)19/h1-8H,9-11H2,(H,20,22)(H,21,23). The van der Waals surface area contributed by atoms with Gasteiger partial charge in [0.15, 0.2) is 6.61 Å². The maximum Gasteiger partial charge on any atom is 0.258 e. The van der Waals surface area contributed by atoms with Crippen LogP contribution in [0.4, 0.5) is 4.39 Å². The summed E-state index contributed by atoms with van der Waals surface area (Å²) in [4.78, 5) is 23.3. The van der Waals surface area contributed by atoms with Crippen molar-refractivity contribution in [1.29, 1.82) is 0 Å². The Morgan fingerprint density at radius 3 is 2.42 bits per heavy atom. The van der Waals surface area contributed by atoms with Gasteiger partial charge in [-0.2, -0.15) is 0 Å². The van der Waals surface area contributed by atoms with Crippen molar-refractivity contribution >= 4 is 23.4 Å². The molecule has 2 N–H and O–H groups in total. The Hall–Kier alpha value is -2.60. The molecule has 0 saturated carbocycles. The monoisotopic (exact) mass is 350 g/mol. The Morgan fingerprint density at radius 2 is 1.71 bits per heavy atom. The van der Waals surface area contributed by atoms with Gasteiger partial charge in [0, 0.05) is 17.1 Å². The Kier molecular flexibility index (Phi) is 6.57. The zero-order valence-electron chi connectivity index (χ0n) is 12.7. The van der Waals surface area contributed by atoms with Gasteiger partial charge in [-0.25, -0.2) is 4.39 Å². The molecule has 0 heterocycles. The molecule has 2 aromatic rings. The molecule has 2 amide bonds. The van der Waals surface area contributed by atoms with Gasteiger partial charge in [-0.1, -0.05) is 29.8 Å². The largest absolute Gasteiger partial charge is 0.484 e. The molecular weight excluding hydrogens is 335 g/mol. The molecule has 0 bridgehead atoms. The number of amides is 2. The van der Waals surface area contributed by atoms with E-state index in [-0.39, 0.29) is 19.7 Å². The van der Waals surface area contributed by atoms with Gasteiger partial charge in [-0.15, -0.1) is 0 Å². The predicted molar refractivity (Wildman–Crippen MR) is 88.2 cm³/mol. The first kappa shape index (κ1) is 17.7. The molecule has 0 aromatic heterocycles. The van der Waals surface area contributed by atoms with Gasteiger partial charge >= 0.3 is 0 Å². The van der Waals surface area contributed by atoms with Gasteiger partial charge in [-0.05, 0) is 30.3 Å². The maximum absolute atomic E-state index is 13.4. The summed E-state index contributed by atoms with van der Waals surface area (Å²) >= 11 is 5.74. The molecule has 0 unspecified atom stereocenters. The minimum absolute atomic E-state index is 0.0582. The lowest BCUT2D eigenvalue weighted by atomic mass is 10.2. The number of benzene rings is 2. The fourth-order valence-corrected chi connectivity index (χ4v) is 1.93. The van der Waals surface area contributed by atoms with Crippen molar-refractivity contribution in [2.75, 3.05) is 13.2 Å². The summed E-state index contributed by atoms with van der Waals surface area (Å²) in [6.07, 6.45) is 0. The average molecular weight is 351 g/mol. The van der Waals surface area contributed by atoms with Crippen molar-refractivity contribution in [3.8, 4) is 5.75 Å². The molecule has 0 aliphatic carbocycles. The highest BCUT2D eigenvalue weighted by molar-refractivity contribution is 6.30. The fourth-order valence-electron chi connectivity index (χ4n) is 1.81. The van der Waals surface area contributed by atoms with Crippen LogP contribution in [0.3, 0.4) is 0 Å². The molecule has 2 rings (SSSR count). The molecule has 0 spiro atoms. The number of rotatable bonds is 7. The Morgan fingerprint density at radius 1 is 1.00 bits per heavy atom. The lowest BCUT2D eigenvalue weighted by Crippen LogP contribution is -2.38. The highest BCUT2D eigenvalue weighted by atomic mass is 35.5. The summed E-state index contributed by atoms with van der Waals surface area (Å²) in [5, 5.41) is 5.51. The topological polar surface area (TPSA) is 67.4 Å². The van der Waals surface area contributed by atoms with E-state index in [0.29, 0.717) is 16.3 Å². The van der Waals surface area contributed by atoms with Crippen LogP contribution in [0.15, 0.2) is 48.5 Å². The average Bonchev–Trinajstić information content (AvgIpc) is 2.58. The summed E-state index contributed by atoms with van der Waals surface area (Å²) in [5.74, 6) is -0.749. The minimum Gasteiger partial charge on any atom is -0.484 e. The van der Waals surface area contributed by atoms with Crippen molar-refractivity contribution in [3.05, 3.63) is 64.9 Å². The second kappa shape index (κ2) is 8.88. The summed E-state index contributed by atoms with van der Waals surface area (Å²) in [6, 6.07) is 12.7. The van der Waals surface area contributed by atoms with Crippen LogP contribution in [0.2, 0.25) is 5.02 Å². The normalized spacial score (nSPS) is 10.1. The van der Waals surface area contributed by atoms with Crippen LogP contribution >= 0.6 is 11.6 Å². The number of hydrogen-bond donors (Lipinski definition) is 2. The Labute approximate surface area is 143 Å². The van der Waals surface area contributed by atoms with Crippen molar-refractivity contribution in [2.24, 2.45) is 0 Å². The van der Waals surface area contributed by atoms with Crippen molar-refractivity contribution in [3.63, 3.8) is 0 Å². The van der Waals surface area contributed by atoms with Crippen LogP contribution < -0.4 is 15.4 Å². The number of carbonyl (C=O) groups excluding carboxylic acids is 2. The lowest BCUT2D eigenvalue weighted by molar-refractivity contribution is -0.127. The molecule has 0 fully saturated rings. The molecule has 0 atom stereocenters. The lowest BCUT2D eigenvalue weighted by Gasteiger charge is -2.09. The number of carbonyl (C=O) groups is 2. The smallest absolute Gasteiger partial charge is 0.258 e. The summed E-state index contributed by atoms with van der Waals surface area (Å²) in [7, 11) is 0. The van der Waals surface area contributed by atoms with Gasteiger partial charge in [0.2, 0.25) is 5.91 Å². The van der Waals surface area contributed by atoms with Crippen molar-refractivity contribution in [2.45, 2.75) is 6.54 Å². The zero-order chi connectivity index (χ0) is 17.4. The highest BCUT2D eigenvalue weighted by Gasteiger charge is 2.07. The second-order valence-electron chi connectivity index (χ2n) is 4.89. The van der Waals surface area contributed by atoms with Crippen LogP contribution in [-0.2, 0) is 16.1 Å². The van der Waals surface area contributed by atoms with E-state index < -0.39 is 17.6 Å². The summed E-state index contributed by atoms with van der Waals surface area (Å²) in [6.45, 7) is -0.373. The molecule has 2 aromatic carbocycles. The predicted octanol–water partition coefficient (Wildman–Crippen LogP) is 2.29. The van der Waals surface area contributed by atoms with E-state index in [9.17, 15) is 14.0 Å². The summed E-state index contributed by atoms with van der Waals surface area (Å²) < 4.78 is 18.6. The zero-order valence-corrected chi connectivity index (χ0v) is 13.5. The molecule has 0 saturated heterocycles. The van der Waals surface area contributed by atoms with Crippen LogP contribution in [0.1, 0.15) is 5.56 Å². The molecule has 24 heavy (non-hydrogen) atoms. The number of hydrogen-bond acceptors (Lipinski definition) is 3. The Balaban J connectivity index is 1.66. The first-order chi connectivity index (χ1) is 11.5. The van der Waals surface area contributed by atoms with E-state index in [1.165, 1.54) is 6.07 Å². The molecular formula is C17H16ClFN2O3. The third kappa shape index (κ3) is 5.89. The van der Waals surface area contributed by atoms with Crippen LogP contribution in [0, 0.1) is 5.82 Å². The number of ether oxygens (including phenoxy) is 1. The van der Waals surface area contributed by atoms with Gasteiger partial charge in [0.05, 0.1) is 6.54 Å². The molecule has 0 radical (unpaired) electrons. The third-order valence-corrected chi connectivity index (χ3v) is 3.32. The van der Waals surface area contributed by atoms with E-state index in [4.69, 9.17) is 16.3 Å². The Bertz CT molecular complexity index is 707. The van der Waals surface area contributed by atoms with E-state index >= 15 is 0 Å². The minimum atomic E-state index is -0.439. The van der Waals surface area contributed by atoms with Gasteiger partial charge < -0.3 is 15.4 Å². The van der Waals surface area contributed by atoms with Crippen molar-refractivity contribution in [1.82, 2.24) is 10.6 Å². The van der Waals surface area contributed by atoms with Crippen LogP contribution in [-0.4, -0.2) is 25.0 Å². The van der Waals surface area contributed by atoms with Gasteiger partial charge in [-0.3, -0.25) is 9.59 Å². The number of halogens is 2. The molecule has 0 aliphatic rings. The molecule has 0 aliphatic heterocycles. The first-order valence-electron chi connectivity index (χ1n) is 7.20.